The van der Waals surface area contributed by atoms with Gasteiger partial charge < -0.3 is 34.7 Å². The van der Waals surface area contributed by atoms with Crippen molar-refractivity contribution in [3.05, 3.63) is 82.1 Å². The highest BCUT2D eigenvalue weighted by molar-refractivity contribution is 5.92. The second-order valence-corrected chi connectivity index (χ2v) is 8.63. The van der Waals surface area contributed by atoms with E-state index in [2.05, 4.69) is 4.98 Å². The zero-order valence-electron chi connectivity index (χ0n) is 19.9. The summed E-state index contributed by atoms with van der Waals surface area (Å²) in [4.78, 5) is 30.0. The third kappa shape index (κ3) is 4.07. The van der Waals surface area contributed by atoms with E-state index in [4.69, 9.17) is 9.15 Å². The number of aromatic hydroxyl groups is 5. The SMILES string of the molecule is COC(=O)CC(c1ccc2ncccc2c1)c1c(O)cc(O)c2c(=O)c(O)c(-c3ccc(O)c(O)c3)oc12. The first-order chi connectivity index (χ1) is 18.2. The fraction of sp³-hybridized carbons (Fsp3) is 0.107. The molecule has 10 nitrogen and oxygen atoms in total. The molecule has 10 heteroatoms. The topological polar surface area (TPSA) is 171 Å². The second-order valence-electron chi connectivity index (χ2n) is 8.63. The zero-order valence-corrected chi connectivity index (χ0v) is 19.9. The van der Waals surface area contributed by atoms with Gasteiger partial charge in [0.25, 0.3) is 0 Å². The van der Waals surface area contributed by atoms with Crippen molar-refractivity contribution < 1.29 is 39.5 Å². The van der Waals surface area contributed by atoms with Crippen molar-refractivity contribution in [2.45, 2.75) is 12.3 Å². The summed E-state index contributed by atoms with van der Waals surface area (Å²) in [5.41, 5.74) is -0.0173. The summed E-state index contributed by atoms with van der Waals surface area (Å²) in [5.74, 6) is -4.86. The number of pyridine rings is 1. The standard InChI is InChI=1S/C28H21NO9/c1-37-22(34)11-16(13-4-6-17-14(9-13)3-2-8-29-17)23-20(32)12-21(33)24-25(35)26(36)27(38-28(23)24)15-5-7-18(30)19(31)10-15/h2-10,12,16,30-33,36H,11H2,1H3. The number of benzene rings is 3. The van der Waals surface area contributed by atoms with Crippen molar-refractivity contribution in [2.24, 2.45) is 0 Å². The quantitative estimate of drug-likeness (QED) is 0.168. The van der Waals surface area contributed by atoms with Crippen LogP contribution < -0.4 is 5.43 Å². The van der Waals surface area contributed by atoms with E-state index >= 15 is 0 Å². The smallest absolute Gasteiger partial charge is 0.306 e. The summed E-state index contributed by atoms with van der Waals surface area (Å²) in [5, 5.41) is 52.1. The minimum Gasteiger partial charge on any atom is -0.507 e. The normalized spacial score (nSPS) is 12.0. The van der Waals surface area contributed by atoms with Crippen LogP contribution in [-0.2, 0) is 9.53 Å². The number of ether oxygens (including phenoxy) is 1. The van der Waals surface area contributed by atoms with Crippen LogP contribution in [0, 0.1) is 0 Å². The minimum absolute atomic E-state index is 0.00668. The number of carbonyl (C=O) groups excluding carboxylic acids is 1. The fourth-order valence-corrected chi connectivity index (χ4v) is 4.49. The molecule has 0 fully saturated rings. The molecule has 5 rings (SSSR count). The van der Waals surface area contributed by atoms with Gasteiger partial charge in [0.2, 0.25) is 11.2 Å². The van der Waals surface area contributed by atoms with Crippen LogP contribution in [0.1, 0.15) is 23.5 Å². The Hall–Kier alpha value is -5.25. The van der Waals surface area contributed by atoms with Gasteiger partial charge in [-0.15, -0.1) is 0 Å². The number of phenols is 4. The molecule has 192 valence electrons. The molecule has 0 aliphatic rings. The fourth-order valence-electron chi connectivity index (χ4n) is 4.49. The molecule has 0 spiro atoms. The molecule has 0 saturated carbocycles. The monoisotopic (exact) mass is 515 g/mol. The molecule has 2 aromatic heterocycles. The van der Waals surface area contributed by atoms with Gasteiger partial charge in [-0.1, -0.05) is 12.1 Å². The lowest BCUT2D eigenvalue weighted by atomic mass is 9.85. The molecule has 0 radical (unpaired) electrons. The zero-order chi connectivity index (χ0) is 27.1. The average Bonchev–Trinajstić information content (AvgIpc) is 2.90. The van der Waals surface area contributed by atoms with Crippen LogP contribution in [0.25, 0.3) is 33.2 Å². The highest BCUT2D eigenvalue weighted by Gasteiger charge is 2.30. The van der Waals surface area contributed by atoms with Crippen LogP contribution in [0.3, 0.4) is 0 Å². The van der Waals surface area contributed by atoms with Crippen molar-refractivity contribution in [3.63, 3.8) is 0 Å². The van der Waals surface area contributed by atoms with E-state index < -0.39 is 51.4 Å². The highest BCUT2D eigenvalue weighted by Crippen LogP contribution is 2.45. The lowest BCUT2D eigenvalue weighted by Crippen LogP contribution is -2.12. The largest absolute Gasteiger partial charge is 0.507 e. The molecule has 0 bridgehead atoms. The van der Waals surface area contributed by atoms with E-state index in [-0.39, 0.29) is 28.9 Å². The first-order valence-electron chi connectivity index (χ1n) is 11.4. The van der Waals surface area contributed by atoms with Crippen molar-refractivity contribution in [1.29, 1.82) is 0 Å². The lowest BCUT2D eigenvalue weighted by molar-refractivity contribution is -0.140. The first-order valence-corrected chi connectivity index (χ1v) is 11.4. The summed E-state index contributed by atoms with van der Waals surface area (Å²) in [6, 6.07) is 13.2. The molecular formula is C28H21NO9. The van der Waals surface area contributed by atoms with Gasteiger partial charge in [-0.25, -0.2) is 0 Å². The second kappa shape index (κ2) is 9.32. The third-order valence-corrected chi connectivity index (χ3v) is 6.35. The van der Waals surface area contributed by atoms with Crippen LogP contribution >= 0.6 is 0 Å². The van der Waals surface area contributed by atoms with Crippen LogP contribution in [0.15, 0.2) is 70.0 Å². The molecule has 0 saturated heterocycles. The summed E-state index contributed by atoms with van der Waals surface area (Å²) in [6.45, 7) is 0. The molecule has 3 aromatic carbocycles. The van der Waals surface area contributed by atoms with E-state index in [1.54, 1.807) is 30.5 Å². The van der Waals surface area contributed by atoms with Gasteiger partial charge in [0.05, 0.1) is 19.0 Å². The highest BCUT2D eigenvalue weighted by atomic mass is 16.5. The van der Waals surface area contributed by atoms with Crippen LogP contribution in [-0.4, -0.2) is 43.6 Å². The van der Waals surface area contributed by atoms with Gasteiger partial charge in [0.1, 0.15) is 22.5 Å². The van der Waals surface area contributed by atoms with E-state index in [1.165, 1.54) is 13.2 Å². The maximum Gasteiger partial charge on any atom is 0.306 e. The Morgan fingerprint density at radius 1 is 0.947 bits per heavy atom. The van der Waals surface area contributed by atoms with Gasteiger partial charge in [0, 0.05) is 34.7 Å². The number of fused-ring (bicyclic) bond motifs is 2. The Morgan fingerprint density at radius 2 is 1.74 bits per heavy atom. The molecular weight excluding hydrogens is 494 g/mol. The molecule has 5 aromatic rings. The summed E-state index contributed by atoms with van der Waals surface area (Å²) >= 11 is 0. The first kappa shape index (κ1) is 24.4. The Labute approximate surface area is 214 Å². The molecule has 0 aliphatic heterocycles. The molecule has 38 heavy (non-hydrogen) atoms. The van der Waals surface area contributed by atoms with Gasteiger partial charge in [-0.05, 0) is 42.0 Å². The number of aromatic nitrogens is 1. The molecule has 1 atom stereocenters. The molecule has 0 amide bonds. The average molecular weight is 515 g/mol. The Balaban J connectivity index is 1.84. The predicted molar refractivity (Wildman–Crippen MR) is 136 cm³/mol. The van der Waals surface area contributed by atoms with Crippen LogP contribution in [0.4, 0.5) is 0 Å². The van der Waals surface area contributed by atoms with Crippen molar-refractivity contribution in [1.82, 2.24) is 4.98 Å². The number of hydrogen-bond donors (Lipinski definition) is 5. The predicted octanol–water partition coefficient (Wildman–Crippen LogP) is 4.23. The molecule has 0 aliphatic carbocycles. The number of phenolic OH excluding ortho intramolecular Hbond substituents is 4. The summed E-state index contributed by atoms with van der Waals surface area (Å²) in [6.07, 6.45) is 1.37. The van der Waals surface area contributed by atoms with Crippen LogP contribution in [0.2, 0.25) is 0 Å². The van der Waals surface area contributed by atoms with Crippen molar-refractivity contribution >= 4 is 27.8 Å². The number of carbonyl (C=O) groups is 1. The summed E-state index contributed by atoms with van der Waals surface area (Å²) < 4.78 is 10.8. The molecule has 5 N–H and O–H groups in total. The van der Waals surface area contributed by atoms with E-state index in [0.29, 0.717) is 11.1 Å². The minimum atomic E-state index is -1.01. The number of esters is 1. The van der Waals surface area contributed by atoms with Crippen molar-refractivity contribution in [3.8, 4) is 40.1 Å². The van der Waals surface area contributed by atoms with Gasteiger partial charge in [-0.2, -0.15) is 0 Å². The van der Waals surface area contributed by atoms with Crippen LogP contribution in [0.5, 0.6) is 28.7 Å². The number of hydrogen-bond acceptors (Lipinski definition) is 10. The lowest BCUT2D eigenvalue weighted by Gasteiger charge is -2.21. The third-order valence-electron chi connectivity index (χ3n) is 6.35. The van der Waals surface area contributed by atoms with Gasteiger partial charge >= 0.3 is 5.97 Å². The van der Waals surface area contributed by atoms with Gasteiger partial charge in [-0.3, -0.25) is 14.6 Å². The number of methoxy groups -OCH3 is 1. The summed E-state index contributed by atoms with van der Waals surface area (Å²) in [7, 11) is 1.21. The van der Waals surface area contributed by atoms with Gasteiger partial charge in [0.15, 0.2) is 17.3 Å². The van der Waals surface area contributed by atoms with E-state index in [1.807, 2.05) is 6.07 Å². The van der Waals surface area contributed by atoms with Crippen molar-refractivity contribution in [2.75, 3.05) is 7.11 Å². The Kier molecular flexibility index (Phi) is 6.00. The van der Waals surface area contributed by atoms with E-state index in [0.717, 1.165) is 23.6 Å². The molecule has 1 unspecified atom stereocenters. The maximum atomic E-state index is 13.2. The Morgan fingerprint density at radius 3 is 2.47 bits per heavy atom. The van der Waals surface area contributed by atoms with E-state index in [9.17, 15) is 35.1 Å². The number of nitrogens with zero attached hydrogens (tertiary/aromatic N) is 1. The maximum absolute atomic E-state index is 13.2. The number of rotatable bonds is 5. The Bertz CT molecular complexity index is 1790. The molecule has 2 heterocycles.